The van der Waals surface area contributed by atoms with E-state index in [0.717, 1.165) is 16.6 Å². The Morgan fingerprint density at radius 3 is 3.00 bits per heavy atom. The van der Waals surface area contributed by atoms with Gasteiger partial charge in [-0.05, 0) is 19.1 Å². The van der Waals surface area contributed by atoms with Crippen molar-refractivity contribution in [3.8, 4) is 0 Å². The van der Waals surface area contributed by atoms with Crippen molar-refractivity contribution < 1.29 is 4.74 Å². The molecule has 0 aliphatic carbocycles. The van der Waals surface area contributed by atoms with Crippen molar-refractivity contribution in [3.05, 3.63) is 29.5 Å². The molecule has 0 atom stereocenters. The summed E-state index contributed by atoms with van der Waals surface area (Å²) in [5.41, 5.74) is 8.59. The van der Waals surface area contributed by atoms with E-state index in [2.05, 4.69) is 30.2 Å². The maximum atomic E-state index is 5.30. The Labute approximate surface area is 88.6 Å². The van der Waals surface area contributed by atoms with Crippen LogP contribution in [-0.2, 0) is 18.4 Å². The average Bonchev–Trinajstić information content (AvgIpc) is 2.52. The van der Waals surface area contributed by atoms with Crippen molar-refractivity contribution in [1.82, 2.24) is 9.78 Å². The third kappa shape index (κ3) is 1.86. The molecule has 2 N–H and O–H groups in total. The first kappa shape index (κ1) is 10.1. The monoisotopic (exact) mass is 205 g/mol. The van der Waals surface area contributed by atoms with Crippen LogP contribution in [0.1, 0.15) is 11.3 Å². The lowest BCUT2D eigenvalue weighted by Gasteiger charge is -1.98. The van der Waals surface area contributed by atoms with Crippen molar-refractivity contribution in [3.63, 3.8) is 0 Å². The van der Waals surface area contributed by atoms with Crippen LogP contribution in [0.2, 0.25) is 0 Å². The number of benzene rings is 1. The molecule has 0 saturated carbocycles. The summed E-state index contributed by atoms with van der Waals surface area (Å²) in [7, 11) is 1.93. The van der Waals surface area contributed by atoms with E-state index in [4.69, 9.17) is 10.5 Å². The Balaban J connectivity index is 2.49. The molecule has 2 rings (SSSR count). The number of ether oxygens (including phenoxy) is 1. The molecule has 0 aliphatic rings. The summed E-state index contributed by atoms with van der Waals surface area (Å²) in [5, 5.41) is 5.55. The summed E-state index contributed by atoms with van der Waals surface area (Å²) in [6.07, 6.45) is 0. The van der Waals surface area contributed by atoms with Crippen LogP contribution < -0.4 is 5.73 Å². The van der Waals surface area contributed by atoms with E-state index in [1.807, 2.05) is 11.7 Å². The number of rotatable bonds is 3. The number of nitrogens with two attached hydrogens (primary N) is 1. The molecule has 1 aromatic heterocycles. The third-order valence-electron chi connectivity index (χ3n) is 2.44. The summed E-state index contributed by atoms with van der Waals surface area (Å²) in [5.74, 6) is 0. The molecular weight excluding hydrogens is 190 g/mol. The zero-order valence-electron chi connectivity index (χ0n) is 9.03. The standard InChI is InChI=1S/C11H15N3O/c1-8-3-4-11-9(5-8)10(6-15-7-12)13-14(11)2/h3-5H,6-7,12H2,1-2H3. The summed E-state index contributed by atoms with van der Waals surface area (Å²) < 4.78 is 7.05. The number of fused-ring (bicyclic) bond motifs is 1. The quantitative estimate of drug-likeness (QED) is 0.769. The Hall–Kier alpha value is -1.39. The van der Waals surface area contributed by atoms with Crippen molar-refractivity contribution in [1.29, 1.82) is 0 Å². The van der Waals surface area contributed by atoms with Gasteiger partial charge in [0.05, 0.1) is 24.5 Å². The summed E-state index contributed by atoms with van der Waals surface area (Å²) >= 11 is 0. The molecule has 0 amide bonds. The molecule has 0 fully saturated rings. The third-order valence-corrected chi connectivity index (χ3v) is 2.44. The normalized spacial score (nSPS) is 11.1. The molecule has 1 aromatic carbocycles. The maximum Gasteiger partial charge on any atom is 0.0961 e. The SMILES string of the molecule is Cc1ccc2c(c1)c(COCN)nn2C. The highest BCUT2D eigenvalue weighted by Gasteiger charge is 2.07. The van der Waals surface area contributed by atoms with Crippen molar-refractivity contribution in [2.24, 2.45) is 12.8 Å². The highest BCUT2D eigenvalue weighted by molar-refractivity contribution is 5.82. The first-order valence-electron chi connectivity index (χ1n) is 4.92. The van der Waals surface area contributed by atoms with Crippen LogP contribution in [0.25, 0.3) is 10.9 Å². The lowest BCUT2D eigenvalue weighted by molar-refractivity contribution is 0.125. The van der Waals surface area contributed by atoms with Gasteiger partial charge in [-0.25, -0.2) is 0 Å². The zero-order valence-corrected chi connectivity index (χ0v) is 9.03. The molecule has 0 aliphatic heterocycles. The fourth-order valence-electron chi connectivity index (χ4n) is 1.71. The van der Waals surface area contributed by atoms with Gasteiger partial charge in [-0.2, -0.15) is 5.10 Å². The van der Waals surface area contributed by atoms with E-state index in [0.29, 0.717) is 6.61 Å². The van der Waals surface area contributed by atoms with E-state index in [9.17, 15) is 0 Å². The van der Waals surface area contributed by atoms with Crippen molar-refractivity contribution >= 4 is 10.9 Å². The number of aryl methyl sites for hydroxylation is 2. The molecule has 2 aromatic rings. The van der Waals surface area contributed by atoms with Crippen LogP contribution >= 0.6 is 0 Å². The first-order chi connectivity index (χ1) is 7.22. The molecule has 0 spiro atoms. The second kappa shape index (κ2) is 4.00. The smallest absolute Gasteiger partial charge is 0.0961 e. The number of nitrogens with zero attached hydrogens (tertiary/aromatic N) is 2. The molecule has 80 valence electrons. The van der Waals surface area contributed by atoms with Gasteiger partial charge in [0, 0.05) is 12.4 Å². The summed E-state index contributed by atoms with van der Waals surface area (Å²) in [6.45, 7) is 2.77. The summed E-state index contributed by atoms with van der Waals surface area (Å²) in [6, 6.07) is 6.28. The van der Waals surface area contributed by atoms with E-state index >= 15 is 0 Å². The van der Waals surface area contributed by atoms with Gasteiger partial charge in [-0.1, -0.05) is 11.6 Å². The molecule has 0 bridgehead atoms. The highest BCUT2D eigenvalue weighted by Crippen LogP contribution is 2.19. The van der Waals surface area contributed by atoms with Crippen molar-refractivity contribution in [2.45, 2.75) is 13.5 Å². The van der Waals surface area contributed by atoms with Gasteiger partial charge in [-0.3, -0.25) is 4.68 Å². The Kier molecular flexibility index (Phi) is 2.70. The first-order valence-corrected chi connectivity index (χ1v) is 4.92. The molecule has 1 heterocycles. The van der Waals surface area contributed by atoms with Crippen LogP contribution in [-0.4, -0.2) is 16.5 Å². The predicted octanol–water partition coefficient (Wildman–Crippen LogP) is 1.31. The molecule has 0 radical (unpaired) electrons. The van der Waals surface area contributed by atoms with Crippen LogP contribution in [0.15, 0.2) is 18.2 Å². The Bertz CT molecular complexity index is 476. The number of aromatic nitrogens is 2. The molecule has 0 unspecified atom stereocenters. The van der Waals surface area contributed by atoms with Gasteiger partial charge in [0.25, 0.3) is 0 Å². The van der Waals surface area contributed by atoms with Gasteiger partial charge in [0.1, 0.15) is 0 Å². The number of hydrogen-bond acceptors (Lipinski definition) is 3. The topological polar surface area (TPSA) is 53.1 Å². The van der Waals surface area contributed by atoms with Crippen LogP contribution in [0, 0.1) is 6.92 Å². The lowest BCUT2D eigenvalue weighted by Crippen LogP contribution is -2.05. The van der Waals surface area contributed by atoms with Gasteiger partial charge < -0.3 is 10.5 Å². The second-order valence-electron chi connectivity index (χ2n) is 3.61. The minimum absolute atomic E-state index is 0.226. The largest absolute Gasteiger partial charge is 0.360 e. The van der Waals surface area contributed by atoms with Gasteiger partial charge in [0.15, 0.2) is 0 Å². The van der Waals surface area contributed by atoms with Crippen LogP contribution in [0.3, 0.4) is 0 Å². The van der Waals surface area contributed by atoms with Crippen molar-refractivity contribution in [2.75, 3.05) is 6.73 Å². The zero-order chi connectivity index (χ0) is 10.8. The molecular formula is C11H15N3O. The van der Waals surface area contributed by atoms with E-state index in [-0.39, 0.29) is 6.73 Å². The lowest BCUT2D eigenvalue weighted by atomic mass is 10.1. The minimum Gasteiger partial charge on any atom is -0.360 e. The van der Waals surface area contributed by atoms with E-state index < -0.39 is 0 Å². The minimum atomic E-state index is 0.226. The van der Waals surface area contributed by atoms with Crippen LogP contribution in [0.5, 0.6) is 0 Å². The number of hydrogen-bond donors (Lipinski definition) is 1. The average molecular weight is 205 g/mol. The van der Waals surface area contributed by atoms with Gasteiger partial charge in [0.2, 0.25) is 0 Å². The van der Waals surface area contributed by atoms with Gasteiger partial charge >= 0.3 is 0 Å². The highest BCUT2D eigenvalue weighted by atomic mass is 16.5. The van der Waals surface area contributed by atoms with E-state index in [1.54, 1.807) is 0 Å². The van der Waals surface area contributed by atoms with Crippen LogP contribution in [0.4, 0.5) is 0 Å². The molecule has 4 nitrogen and oxygen atoms in total. The second-order valence-corrected chi connectivity index (χ2v) is 3.61. The maximum absolute atomic E-state index is 5.30. The Morgan fingerprint density at radius 1 is 1.47 bits per heavy atom. The van der Waals surface area contributed by atoms with E-state index in [1.165, 1.54) is 5.56 Å². The Morgan fingerprint density at radius 2 is 2.27 bits per heavy atom. The van der Waals surface area contributed by atoms with Gasteiger partial charge in [-0.15, -0.1) is 0 Å². The fraction of sp³-hybridized carbons (Fsp3) is 0.364. The summed E-state index contributed by atoms with van der Waals surface area (Å²) in [4.78, 5) is 0. The molecule has 15 heavy (non-hydrogen) atoms. The fourth-order valence-corrected chi connectivity index (χ4v) is 1.71. The predicted molar refractivity (Wildman–Crippen MR) is 59.3 cm³/mol. The molecule has 4 heteroatoms. The molecule has 0 saturated heterocycles.